The third-order valence-corrected chi connectivity index (χ3v) is 4.32. The standard InChI is InChI=1S/C18H26N6/c1-3-19-18(20-13-17-9-11-21-23(17)2)22-15-10-12-24(14-15)16-7-5-4-6-8-16/h4-9,11,15H,3,10,12-14H2,1-2H3,(H2,19,20,22). The average Bonchev–Trinajstić information content (AvgIpc) is 3.23. The van der Waals surface area contributed by atoms with Crippen LogP contribution in [-0.2, 0) is 13.6 Å². The van der Waals surface area contributed by atoms with E-state index in [2.05, 4.69) is 57.9 Å². The van der Waals surface area contributed by atoms with Gasteiger partial charge >= 0.3 is 0 Å². The second kappa shape index (κ2) is 7.86. The van der Waals surface area contributed by atoms with Crippen LogP contribution < -0.4 is 15.5 Å². The molecule has 2 N–H and O–H groups in total. The van der Waals surface area contributed by atoms with Crippen LogP contribution in [0.15, 0.2) is 47.6 Å². The largest absolute Gasteiger partial charge is 0.369 e. The van der Waals surface area contributed by atoms with Gasteiger partial charge in [0.05, 0.1) is 12.2 Å². The molecule has 1 aromatic heterocycles. The van der Waals surface area contributed by atoms with Gasteiger partial charge in [-0.2, -0.15) is 5.10 Å². The molecule has 1 aliphatic heterocycles. The Labute approximate surface area is 143 Å². The van der Waals surface area contributed by atoms with Crippen molar-refractivity contribution >= 4 is 11.6 Å². The third kappa shape index (κ3) is 4.07. The Morgan fingerprint density at radius 2 is 2.12 bits per heavy atom. The van der Waals surface area contributed by atoms with Gasteiger partial charge in [-0.1, -0.05) is 18.2 Å². The van der Waals surface area contributed by atoms with Gasteiger partial charge in [-0.15, -0.1) is 0 Å². The van der Waals surface area contributed by atoms with Crippen LogP contribution in [0.2, 0.25) is 0 Å². The fourth-order valence-electron chi connectivity index (χ4n) is 2.98. The molecule has 6 nitrogen and oxygen atoms in total. The molecule has 2 aromatic rings. The Bertz CT molecular complexity index is 663. The number of anilines is 1. The summed E-state index contributed by atoms with van der Waals surface area (Å²) in [6, 6.07) is 13.0. The number of aromatic nitrogens is 2. The van der Waals surface area contributed by atoms with Crippen molar-refractivity contribution in [3.05, 3.63) is 48.3 Å². The Morgan fingerprint density at radius 3 is 2.83 bits per heavy atom. The maximum absolute atomic E-state index is 4.69. The molecule has 6 heteroatoms. The van der Waals surface area contributed by atoms with Crippen LogP contribution in [-0.4, -0.2) is 41.4 Å². The minimum Gasteiger partial charge on any atom is -0.369 e. The summed E-state index contributed by atoms with van der Waals surface area (Å²) in [5.41, 5.74) is 2.39. The summed E-state index contributed by atoms with van der Waals surface area (Å²) in [6.07, 6.45) is 2.92. The van der Waals surface area contributed by atoms with E-state index in [0.717, 1.165) is 37.7 Å². The number of para-hydroxylation sites is 1. The van der Waals surface area contributed by atoms with E-state index in [9.17, 15) is 0 Å². The molecule has 1 atom stereocenters. The highest BCUT2D eigenvalue weighted by Gasteiger charge is 2.23. The van der Waals surface area contributed by atoms with Crippen LogP contribution in [0, 0.1) is 0 Å². The van der Waals surface area contributed by atoms with Crippen molar-refractivity contribution in [3.63, 3.8) is 0 Å². The molecule has 0 aliphatic carbocycles. The van der Waals surface area contributed by atoms with Crippen molar-refractivity contribution in [2.75, 3.05) is 24.5 Å². The highest BCUT2D eigenvalue weighted by atomic mass is 15.3. The van der Waals surface area contributed by atoms with Crippen LogP contribution in [0.5, 0.6) is 0 Å². The molecule has 1 saturated heterocycles. The Morgan fingerprint density at radius 1 is 1.29 bits per heavy atom. The summed E-state index contributed by atoms with van der Waals surface area (Å²) in [7, 11) is 1.94. The molecule has 2 heterocycles. The number of hydrogen-bond donors (Lipinski definition) is 2. The van der Waals surface area contributed by atoms with Crippen molar-refractivity contribution in [3.8, 4) is 0 Å². The Hall–Kier alpha value is -2.50. The van der Waals surface area contributed by atoms with Crippen molar-refractivity contribution in [2.24, 2.45) is 12.0 Å². The summed E-state index contributed by atoms with van der Waals surface area (Å²) in [4.78, 5) is 7.11. The zero-order chi connectivity index (χ0) is 16.8. The summed E-state index contributed by atoms with van der Waals surface area (Å²) in [5.74, 6) is 0.874. The predicted octanol–water partition coefficient (Wildman–Crippen LogP) is 1.75. The fourth-order valence-corrected chi connectivity index (χ4v) is 2.98. The molecule has 0 saturated carbocycles. The maximum atomic E-state index is 4.69. The smallest absolute Gasteiger partial charge is 0.191 e. The molecular formula is C18H26N6. The quantitative estimate of drug-likeness (QED) is 0.649. The van der Waals surface area contributed by atoms with E-state index < -0.39 is 0 Å². The highest BCUT2D eigenvalue weighted by Crippen LogP contribution is 2.19. The molecule has 1 aliphatic rings. The first-order valence-electron chi connectivity index (χ1n) is 8.58. The second-order valence-electron chi connectivity index (χ2n) is 6.05. The van der Waals surface area contributed by atoms with Gasteiger partial charge in [-0.05, 0) is 31.5 Å². The highest BCUT2D eigenvalue weighted by molar-refractivity contribution is 5.80. The van der Waals surface area contributed by atoms with Crippen LogP contribution in [0.25, 0.3) is 0 Å². The molecule has 1 unspecified atom stereocenters. The topological polar surface area (TPSA) is 57.5 Å². The molecule has 3 rings (SSSR count). The average molecular weight is 326 g/mol. The van der Waals surface area contributed by atoms with E-state index in [1.54, 1.807) is 6.20 Å². The minimum absolute atomic E-state index is 0.412. The summed E-state index contributed by atoms with van der Waals surface area (Å²) in [6.45, 7) is 5.64. The van der Waals surface area contributed by atoms with Crippen molar-refractivity contribution in [1.29, 1.82) is 0 Å². The van der Waals surface area contributed by atoms with E-state index in [-0.39, 0.29) is 0 Å². The third-order valence-electron chi connectivity index (χ3n) is 4.32. The van der Waals surface area contributed by atoms with E-state index in [1.165, 1.54) is 5.69 Å². The van der Waals surface area contributed by atoms with E-state index >= 15 is 0 Å². The van der Waals surface area contributed by atoms with Crippen LogP contribution in [0.1, 0.15) is 19.0 Å². The van der Waals surface area contributed by atoms with Gasteiger partial charge < -0.3 is 15.5 Å². The lowest BCUT2D eigenvalue weighted by Gasteiger charge is -2.20. The molecule has 0 bridgehead atoms. The van der Waals surface area contributed by atoms with Crippen molar-refractivity contribution in [1.82, 2.24) is 20.4 Å². The molecule has 128 valence electrons. The van der Waals surface area contributed by atoms with Gasteiger partial charge in [0.2, 0.25) is 0 Å². The van der Waals surface area contributed by atoms with Crippen LogP contribution in [0.4, 0.5) is 5.69 Å². The van der Waals surface area contributed by atoms with E-state index in [4.69, 9.17) is 4.99 Å². The van der Waals surface area contributed by atoms with Gasteiger partial charge in [0, 0.05) is 44.6 Å². The minimum atomic E-state index is 0.412. The number of nitrogens with one attached hydrogen (secondary N) is 2. The molecule has 0 spiro atoms. The molecular weight excluding hydrogens is 300 g/mol. The first-order valence-corrected chi connectivity index (χ1v) is 8.58. The zero-order valence-electron chi connectivity index (χ0n) is 14.4. The monoisotopic (exact) mass is 326 g/mol. The number of nitrogens with zero attached hydrogens (tertiary/aromatic N) is 4. The number of hydrogen-bond acceptors (Lipinski definition) is 3. The number of benzene rings is 1. The first kappa shape index (κ1) is 16.4. The molecule has 0 radical (unpaired) electrons. The number of aryl methyl sites for hydroxylation is 1. The molecule has 1 fully saturated rings. The number of guanidine groups is 1. The zero-order valence-corrected chi connectivity index (χ0v) is 14.4. The fraction of sp³-hybridized carbons (Fsp3) is 0.444. The molecule has 1 aromatic carbocycles. The molecule has 0 amide bonds. The lowest BCUT2D eigenvalue weighted by atomic mass is 10.3. The SMILES string of the molecule is CCNC(=NCc1ccnn1C)NC1CCN(c2ccccc2)C1. The van der Waals surface area contributed by atoms with Crippen LogP contribution in [0.3, 0.4) is 0 Å². The summed E-state index contributed by atoms with van der Waals surface area (Å²) in [5, 5.41) is 11.1. The Balaban J connectivity index is 1.59. The lowest BCUT2D eigenvalue weighted by molar-refractivity contribution is 0.645. The van der Waals surface area contributed by atoms with Gasteiger partial charge in [-0.3, -0.25) is 4.68 Å². The number of rotatable bonds is 5. The van der Waals surface area contributed by atoms with Gasteiger partial charge in [0.15, 0.2) is 5.96 Å². The molecule has 24 heavy (non-hydrogen) atoms. The predicted molar refractivity (Wildman–Crippen MR) is 98.2 cm³/mol. The van der Waals surface area contributed by atoms with Gasteiger partial charge in [0.1, 0.15) is 0 Å². The van der Waals surface area contributed by atoms with Crippen molar-refractivity contribution in [2.45, 2.75) is 25.9 Å². The van der Waals surface area contributed by atoms with E-state index in [1.807, 2.05) is 17.8 Å². The maximum Gasteiger partial charge on any atom is 0.191 e. The van der Waals surface area contributed by atoms with Crippen LogP contribution >= 0.6 is 0 Å². The Kier molecular flexibility index (Phi) is 5.36. The summed E-state index contributed by atoms with van der Waals surface area (Å²) >= 11 is 0. The summed E-state index contributed by atoms with van der Waals surface area (Å²) < 4.78 is 1.86. The van der Waals surface area contributed by atoms with Gasteiger partial charge in [0.25, 0.3) is 0 Å². The van der Waals surface area contributed by atoms with Crippen molar-refractivity contribution < 1.29 is 0 Å². The van der Waals surface area contributed by atoms with Gasteiger partial charge in [-0.25, -0.2) is 4.99 Å². The lowest BCUT2D eigenvalue weighted by Crippen LogP contribution is -2.44. The normalized spacial score (nSPS) is 18.0. The first-order chi connectivity index (χ1) is 11.8. The second-order valence-corrected chi connectivity index (χ2v) is 6.05. The number of aliphatic imine (C=N–C) groups is 1. The van der Waals surface area contributed by atoms with E-state index in [0.29, 0.717) is 12.6 Å².